The Kier molecular flexibility index (Phi) is 7.94. The molecule has 0 radical (unpaired) electrons. The molecule has 1 fully saturated rings. The first-order chi connectivity index (χ1) is 20.8. The monoisotopic (exact) mass is 610 g/mol. The van der Waals surface area contributed by atoms with Crippen LogP contribution in [0.5, 0.6) is 34.5 Å². The SMILES string of the molecule is O=C(C=Cc1ccc(O)c(O)c1)[C@]1(O)[C@@H](Oc2c(O)cc(O)c3c(=O)cc(-c4ccc(O)cc4)oc23)O[C@H](CO)[C@@H](O)[C@@H]1O. The fourth-order valence-corrected chi connectivity index (χ4v) is 4.69. The minimum Gasteiger partial charge on any atom is -0.508 e. The molecular formula is C30H26O14. The summed E-state index contributed by atoms with van der Waals surface area (Å²) in [5.41, 5.74) is -4.00. The number of aromatic hydroxyl groups is 5. The molecule has 1 aliphatic rings. The number of carbonyl (C=O) groups is 1. The highest BCUT2D eigenvalue weighted by Crippen LogP contribution is 2.43. The van der Waals surface area contributed by atoms with Crippen LogP contribution < -0.4 is 10.2 Å². The van der Waals surface area contributed by atoms with Crippen LogP contribution in [0.1, 0.15) is 5.56 Å². The maximum absolute atomic E-state index is 13.4. The van der Waals surface area contributed by atoms with E-state index in [-0.39, 0.29) is 17.1 Å². The second-order valence-electron chi connectivity index (χ2n) is 9.98. The molecule has 230 valence electrons. The van der Waals surface area contributed by atoms with Crippen molar-refractivity contribution < 1.29 is 64.6 Å². The minimum absolute atomic E-state index is 0.0787. The zero-order chi connectivity index (χ0) is 31.9. The number of aliphatic hydroxyl groups excluding tert-OH is 3. The molecule has 0 amide bonds. The van der Waals surface area contributed by atoms with Gasteiger partial charge in [0.1, 0.15) is 41.0 Å². The average Bonchev–Trinajstić information content (AvgIpc) is 2.99. The number of phenols is 5. The summed E-state index contributed by atoms with van der Waals surface area (Å²) in [6, 6.07) is 10.7. The molecule has 2 heterocycles. The molecule has 9 N–H and O–H groups in total. The molecule has 14 nitrogen and oxygen atoms in total. The fraction of sp³-hybridized carbons (Fsp3) is 0.200. The summed E-state index contributed by atoms with van der Waals surface area (Å²) in [6.45, 7) is -0.909. The lowest BCUT2D eigenvalue weighted by Crippen LogP contribution is -2.71. The summed E-state index contributed by atoms with van der Waals surface area (Å²) < 4.78 is 16.9. The van der Waals surface area contributed by atoms with Crippen molar-refractivity contribution in [1.29, 1.82) is 0 Å². The number of hydrogen-bond donors (Lipinski definition) is 9. The van der Waals surface area contributed by atoms with Crippen LogP contribution >= 0.6 is 0 Å². The van der Waals surface area contributed by atoms with Gasteiger partial charge in [0.05, 0.1) is 6.61 Å². The van der Waals surface area contributed by atoms with Crippen LogP contribution in [0.15, 0.2) is 69.9 Å². The molecule has 0 bridgehead atoms. The molecule has 14 heteroatoms. The molecule has 0 aliphatic carbocycles. The molecule has 1 saturated heterocycles. The standard InChI is InChI=1S/C30H26O14/c31-12-22-25(39)28(40)30(41,23(38)8-2-13-1-7-16(33)17(34)9-13)29(43-22)44-26-20(37)10-18(35)24-19(36)11-21(42-27(24)26)14-3-5-15(32)6-4-14/h1-11,22,25,28-29,31-35,37,39-41H,12H2/t22-,25-,28+,29-,30-/m1/s1. The first-order valence-corrected chi connectivity index (χ1v) is 12.9. The van der Waals surface area contributed by atoms with Crippen molar-refractivity contribution in [1.82, 2.24) is 0 Å². The zero-order valence-corrected chi connectivity index (χ0v) is 22.4. The number of carbonyl (C=O) groups excluding carboxylic acids is 1. The Morgan fingerprint density at radius 3 is 2.27 bits per heavy atom. The van der Waals surface area contributed by atoms with Crippen LogP contribution in [-0.4, -0.2) is 88.6 Å². The fourth-order valence-electron chi connectivity index (χ4n) is 4.69. The zero-order valence-electron chi connectivity index (χ0n) is 22.4. The van der Waals surface area contributed by atoms with E-state index in [1.807, 2.05) is 0 Å². The Hall–Kier alpha value is -5.12. The maximum Gasteiger partial charge on any atom is 0.240 e. The van der Waals surface area contributed by atoms with E-state index in [0.717, 1.165) is 36.4 Å². The topological polar surface area (TPSA) is 248 Å². The van der Waals surface area contributed by atoms with Gasteiger partial charge in [0.15, 0.2) is 34.0 Å². The number of aliphatic hydroxyl groups is 4. The van der Waals surface area contributed by atoms with Gasteiger partial charge >= 0.3 is 0 Å². The molecule has 0 saturated carbocycles. The Labute approximate surface area is 246 Å². The van der Waals surface area contributed by atoms with E-state index >= 15 is 0 Å². The second kappa shape index (κ2) is 11.5. The van der Waals surface area contributed by atoms with Gasteiger partial charge in [-0.05, 0) is 48.0 Å². The van der Waals surface area contributed by atoms with Crippen LogP contribution in [0.25, 0.3) is 28.4 Å². The van der Waals surface area contributed by atoms with Crippen LogP contribution in [0.4, 0.5) is 0 Å². The molecule has 44 heavy (non-hydrogen) atoms. The van der Waals surface area contributed by atoms with E-state index < -0.39 is 87.7 Å². The minimum atomic E-state index is -3.12. The van der Waals surface area contributed by atoms with Crippen molar-refractivity contribution in [3.63, 3.8) is 0 Å². The van der Waals surface area contributed by atoms with E-state index in [1.54, 1.807) is 0 Å². The van der Waals surface area contributed by atoms with Gasteiger partial charge in [-0.1, -0.05) is 12.1 Å². The van der Waals surface area contributed by atoms with Gasteiger partial charge in [0.25, 0.3) is 0 Å². The molecule has 5 atom stereocenters. The summed E-state index contributed by atoms with van der Waals surface area (Å²) in [4.78, 5) is 26.4. The number of rotatable bonds is 7. The average molecular weight is 611 g/mol. The lowest BCUT2D eigenvalue weighted by atomic mass is 9.82. The molecule has 4 aromatic rings. The molecule has 3 aromatic carbocycles. The van der Waals surface area contributed by atoms with Crippen molar-refractivity contribution in [2.75, 3.05) is 6.61 Å². The number of ketones is 1. The number of hydrogen-bond acceptors (Lipinski definition) is 14. The van der Waals surface area contributed by atoms with Gasteiger partial charge in [-0.15, -0.1) is 0 Å². The maximum atomic E-state index is 13.4. The molecule has 5 rings (SSSR count). The highest BCUT2D eigenvalue weighted by atomic mass is 16.7. The van der Waals surface area contributed by atoms with E-state index in [4.69, 9.17) is 13.9 Å². The first-order valence-electron chi connectivity index (χ1n) is 12.9. The number of phenolic OH excluding ortho intramolecular Hbond substituents is 5. The number of ether oxygens (including phenoxy) is 2. The Morgan fingerprint density at radius 2 is 1.61 bits per heavy atom. The summed E-state index contributed by atoms with van der Waals surface area (Å²) in [5, 5.41) is 92.2. The predicted octanol–water partition coefficient (Wildman–Crippen LogP) is 0.819. The third-order valence-corrected chi connectivity index (χ3v) is 7.11. The van der Waals surface area contributed by atoms with Crippen molar-refractivity contribution >= 4 is 22.8 Å². The van der Waals surface area contributed by atoms with Crippen LogP contribution in [0.3, 0.4) is 0 Å². The van der Waals surface area contributed by atoms with Crippen molar-refractivity contribution in [3.8, 4) is 45.8 Å². The summed E-state index contributed by atoms with van der Waals surface area (Å²) >= 11 is 0. The highest BCUT2D eigenvalue weighted by molar-refractivity contribution is 6.01. The summed E-state index contributed by atoms with van der Waals surface area (Å²) in [5.74, 6) is -4.71. The Morgan fingerprint density at radius 1 is 0.909 bits per heavy atom. The van der Waals surface area contributed by atoms with Gasteiger partial charge in [-0.3, -0.25) is 9.59 Å². The van der Waals surface area contributed by atoms with Crippen LogP contribution in [-0.2, 0) is 9.53 Å². The van der Waals surface area contributed by atoms with Crippen LogP contribution in [0.2, 0.25) is 0 Å². The largest absolute Gasteiger partial charge is 0.508 e. The predicted molar refractivity (Wildman–Crippen MR) is 150 cm³/mol. The number of benzene rings is 3. The normalized spacial score (nSPS) is 23.6. The highest BCUT2D eigenvalue weighted by Gasteiger charge is 2.60. The van der Waals surface area contributed by atoms with Gasteiger partial charge in [0.2, 0.25) is 17.6 Å². The Balaban J connectivity index is 1.62. The van der Waals surface area contributed by atoms with Gasteiger partial charge in [-0.2, -0.15) is 0 Å². The quantitative estimate of drug-likeness (QED) is 0.104. The summed E-state index contributed by atoms with van der Waals surface area (Å²) in [7, 11) is 0. The lowest BCUT2D eigenvalue weighted by Gasteiger charge is -2.46. The lowest BCUT2D eigenvalue weighted by molar-refractivity contribution is -0.307. The molecule has 1 aliphatic heterocycles. The molecule has 0 unspecified atom stereocenters. The molecule has 1 aromatic heterocycles. The van der Waals surface area contributed by atoms with Gasteiger partial charge < -0.3 is 59.8 Å². The van der Waals surface area contributed by atoms with Gasteiger partial charge in [-0.25, -0.2) is 0 Å². The second-order valence-corrected chi connectivity index (χ2v) is 9.98. The van der Waals surface area contributed by atoms with Crippen molar-refractivity contribution in [3.05, 3.63) is 76.5 Å². The van der Waals surface area contributed by atoms with E-state index in [0.29, 0.717) is 5.56 Å². The molecular weight excluding hydrogens is 584 g/mol. The van der Waals surface area contributed by atoms with E-state index in [1.165, 1.54) is 30.3 Å². The molecule has 0 spiro atoms. The summed E-state index contributed by atoms with van der Waals surface area (Å²) in [6.07, 6.45) is -6.36. The number of fused-ring (bicyclic) bond motifs is 1. The van der Waals surface area contributed by atoms with Crippen molar-refractivity contribution in [2.45, 2.75) is 30.2 Å². The van der Waals surface area contributed by atoms with E-state index in [2.05, 4.69) is 0 Å². The Bertz CT molecular complexity index is 1810. The third kappa shape index (κ3) is 5.27. The van der Waals surface area contributed by atoms with Crippen LogP contribution in [0, 0.1) is 0 Å². The van der Waals surface area contributed by atoms with E-state index in [9.17, 15) is 55.5 Å². The van der Waals surface area contributed by atoms with Crippen molar-refractivity contribution in [2.24, 2.45) is 0 Å². The third-order valence-electron chi connectivity index (χ3n) is 7.11. The van der Waals surface area contributed by atoms with Gasteiger partial charge in [0, 0.05) is 17.7 Å². The smallest absolute Gasteiger partial charge is 0.240 e. The first kappa shape index (κ1) is 30.3.